The van der Waals surface area contributed by atoms with Crippen molar-refractivity contribution in [1.82, 2.24) is 9.78 Å². The maximum absolute atomic E-state index is 14.0. The van der Waals surface area contributed by atoms with E-state index in [0.717, 1.165) is 17.3 Å². The van der Waals surface area contributed by atoms with E-state index in [0.29, 0.717) is 31.9 Å². The molecular formula is C23H35FN2O5Si. The third kappa shape index (κ3) is 7.72. The molecule has 2 rings (SSSR count). The van der Waals surface area contributed by atoms with Crippen LogP contribution in [0.3, 0.4) is 0 Å². The van der Waals surface area contributed by atoms with Gasteiger partial charge in [0.25, 0.3) is 0 Å². The standard InChI is InChI=1S/C23H35FN2O5Si/c1-6-30-23(28)18-9-10-20(24)22(14-18)31-11-7-8-19-17(2)26(25-21(19)15-27)16-29-12-13-32(3,4)5/h9-10,14,27H,6-8,11-13,15-16H2,1-5H3. The van der Waals surface area contributed by atoms with Crippen LogP contribution in [-0.2, 0) is 29.2 Å². The molecule has 9 heteroatoms. The molecule has 7 nitrogen and oxygen atoms in total. The summed E-state index contributed by atoms with van der Waals surface area (Å²) in [6.07, 6.45) is 1.22. The number of hydrogen-bond acceptors (Lipinski definition) is 6. The number of halogens is 1. The highest BCUT2D eigenvalue weighted by molar-refractivity contribution is 6.76. The first-order valence-corrected chi connectivity index (χ1v) is 14.7. The van der Waals surface area contributed by atoms with Gasteiger partial charge in [-0.1, -0.05) is 19.6 Å². The normalized spacial score (nSPS) is 11.6. The second-order valence-corrected chi connectivity index (χ2v) is 14.5. The Morgan fingerprint density at radius 2 is 2.00 bits per heavy atom. The van der Waals surface area contributed by atoms with Crippen LogP contribution in [0, 0.1) is 12.7 Å². The first-order valence-electron chi connectivity index (χ1n) is 11.0. The summed E-state index contributed by atoms with van der Waals surface area (Å²) >= 11 is 0. The lowest BCUT2D eigenvalue weighted by atomic mass is 10.1. The van der Waals surface area contributed by atoms with Gasteiger partial charge in [-0.05, 0) is 56.5 Å². The number of rotatable bonds is 13. The average molecular weight is 467 g/mol. The van der Waals surface area contributed by atoms with Crippen LogP contribution in [0.1, 0.15) is 40.7 Å². The molecule has 0 aliphatic rings. The van der Waals surface area contributed by atoms with Crippen LogP contribution in [-0.4, -0.2) is 48.8 Å². The summed E-state index contributed by atoms with van der Waals surface area (Å²) < 4.78 is 32.1. The average Bonchev–Trinajstić information content (AvgIpc) is 3.04. The van der Waals surface area contributed by atoms with Crippen molar-refractivity contribution in [2.75, 3.05) is 19.8 Å². The molecule has 0 saturated heterocycles. The summed E-state index contributed by atoms with van der Waals surface area (Å²) in [6.45, 7) is 12.0. The Morgan fingerprint density at radius 1 is 1.25 bits per heavy atom. The van der Waals surface area contributed by atoms with E-state index in [1.54, 1.807) is 11.6 Å². The van der Waals surface area contributed by atoms with E-state index in [1.807, 2.05) is 6.92 Å². The van der Waals surface area contributed by atoms with E-state index in [2.05, 4.69) is 24.7 Å². The molecule has 1 aromatic heterocycles. The maximum Gasteiger partial charge on any atom is 0.338 e. The first kappa shape index (κ1) is 26.0. The molecular weight excluding hydrogens is 431 g/mol. The highest BCUT2D eigenvalue weighted by Gasteiger charge is 2.16. The molecule has 0 fully saturated rings. The van der Waals surface area contributed by atoms with Crippen molar-refractivity contribution in [3.63, 3.8) is 0 Å². The molecule has 0 unspecified atom stereocenters. The van der Waals surface area contributed by atoms with Crippen molar-refractivity contribution in [3.05, 3.63) is 46.5 Å². The van der Waals surface area contributed by atoms with Crippen molar-refractivity contribution in [3.8, 4) is 5.75 Å². The van der Waals surface area contributed by atoms with Gasteiger partial charge in [0.1, 0.15) is 6.73 Å². The number of benzene rings is 1. The van der Waals surface area contributed by atoms with Gasteiger partial charge in [-0.3, -0.25) is 0 Å². The molecule has 0 amide bonds. The molecule has 1 N–H and O–H groups in total. The Bertz CT molecular complexity index is 895. The van der Waals surface area contributed by atoms with E-state index in [-0.39, 0.29) is 31.1 Å². The smallest absolute Gasteiger partial charge is 0.338 e. The van der Waals surface area contributed by atoms with E-state index < -0.39 is 19.9 Å². The zero-order chi connectivity index (χ0) is 23.7. The van der Waals surface area contributed by atoms with Crippen molar-refractivity contribution in [1.29, 1.82) is 0 Å². The molecule has 0 aliphatic carbocycles. The molecule has 32 heavy (non-hydrogen) atoms. The fraction of sp³-hybridized carbons (Fsp3) is 0.565. The number of nitrogens with zero attached hydrogens (tertiary/aromatic N) is 2. The molecule has 1 aromatic carbocycles. The number of carbonyl (C=O) groups excluding carboxylic acids is 1. The predicted octanol–water partition coefficient (Wildman–Crippen LogP) is 4.32. The quantitative estimate of drug-likeness (QED) is 0.269. The Morgan fingerprint density at radius 3 is 2.66 bits per heavy atom. The summed E-state index contributed by atoms with van der Waals surface area (Å²) in [4.78, 5) is 11.8. The number of aliphatic hydroxyl groups excluding tert-OH is 1. The van der Waals surface area contributed by atoms with Gasteiger partial charge < -0.3 is 19.3 Å². The van der Waals surface area contributed by atoms with Gasteiger partial charge in [-0.15, -0.1) is 0 Å². The third-order valence-corrected chi connectivity index (χ3v) is 6.75. The highest BCUT2D eigenvalue weighted by Crippen LogP contribution is 2.21. The number of ether oxygens (including phenoxy) is 3. The molecule has 0 saturated carbocycles. The predicted molar refractivity (Wildman–Crippen MR) is 123 cm³/mol. The Kier molecular flexibility index (Phi) is 9.86. The summed E-state index contributed by atoms with van der Waals surface area (Å²) in [7, 11) is -1.15. The van der Waals surface area contributed by atoms with Gasteiger partial charge in [-0.2, -0.15) is 5.10 Å². The van der Waals surface area contributed by atoms with Crippen molar-refractivity contribution in [2.45, 2.75) is 65.7 Å². The largest absolute Gasteiger partial charge is 0.490 e. The highest BCUT2D eigenvalue weighted by atomic mass is 28.3. The molecule has 0 bridgehead atoms. The molecule has 2 aromatic rings. The van der Waals surface area contributed by atoms with Gasteiger partial charge in [0.15, 0.2) is 11.6 Å². The van der Waals surface area contributed by atoms with E-state index in [1.165, 1.54) is 18.2 Å². The van der Waals surface area contributed by atoms with Crippen LogP contribution >= 0.6 is 0 Å². The summed E-state index contributed by atoms with van der Waals surface area (Å²) in [6, 6.07) is 5.00. The molecule has 0 radical (unpaired) electrons. The zero-order valence-electron chi connectivity index (χ0n) is 19.7. The zero-order valence-corrected chi connectivity index (χ0v) is 20.7. The fourth-order valence-corrected chi connectivity index (χ4v) is 3.90. The van der Waals surface area contributed by atoms with E-state index in [9.17, 15) is 14.3 Å². The SMILES string of the molecule is CCOC(=O)c1ccc(F)c(OCCCc2c(CO)nn(COCC[Si](C)(C)C)c2C)c1. The van der Waals surface area contributed by atoms with Gasteiger partial charge in [0, 0.05) is 20.4 Å². The monoisotopic (exact) mass is 466 g/mol. The lowest BCUT2D eigenvalue weighted by Crippen LogP contribution is -2.22. The minimum Gasteiger partial charge on any atom is -0.490 e. The van der Waals surface area contributed by atoms with Crippen molar-refractivity contribution < 1.29 is 28.5 Å². The van der Waals surface area contributed by atoms with Gasteiger partial charge in [-0.25, -0.2) is 13.9 Å². The Hall–Kier alpha value is -2.23. The van der Waals surface area contributed by atoms with Crippen LogP contribution in [0.15, 0.2) is 18.2 Å². The van der Waals surface area contributed by atoms with Gasteiger partial charge in [0.2, 0.25) is 0 Å². The third-order valence-electron chi connectivity index (χ3n) is 5.04. The van der Waals surface area contributed by atoms with E-state index in [4.69, 9.17) is 14.2 Å². The second kappa shape index (κ2) is 12.1. The number of aromatic nitrogens is 2. The second-order valence-electron chi connectivity index (χ2n) is 8.83. The molecule has 0 aliphatic heterocycles. The minimum atomic E-state index is -1.15. The Balaban J connectivity index is 1.92. The van der Waals surface area contributed by atoms with E-state index >= 15 is 0 Å². The Labute approximate surface area is 190 Å². The topological polar surface area (TPSA) is 82.8 Å². The van der Waals surface area contributed by atoms with Gasteiger partial charge in [0.05, 0.1) is 31.1 Å². The maximum atomic E-state index is 14.0. The molecule has 1 heterocycles. The van der Waals surface area contributed by atoms with Gasteiger partial charge >= 0.3 is 5.97 Å². The summed E-state index contributed by atoms with van der Waals surface area (Å²) in [5.74, 6) is -1.03. The van der Waals surface area contributed by atoms with Crippen LogP contribution in [0.2, 0.25) is 25.7 Å². The number of esters is 1. The number of carbonyl (C=O) groups is 1. The first-order chi connectivity index (χ1) is 15.2. The molecule has 0 atom stereocenters. The summed E-state index contributed by atoms with van der Waals surface area (Å²) in [5.41, 5.74) is 2.76. The van der Waals surface area contributed by atoms with Crippen LogP contribution in [0.25, 0.3) is 0 Å². The lowest BCUT2D eigenvalue weighted by molar-refractivity contribution is 0.0525. The van der Waals surface area contributed by atoms with Crippen LogP contribution < -0.4 is 4.74 Å². The van der Waals surface area contributed by atoms with Crippen molar-refractivity contribution in [2.24, 2.45) is 0 Å². The summed E-state index contributed by atoms with van der Waals surface area (Å²) in [5, 5.41) is 14.2. The number of hydrogen-bond donors (Lipinski definition) is 1. The minimum absolute atomic E-state index is 0.0150. The number of aliphatic hydroxyl groups is 1. The fourth-order valence-electron chi connectivity index (χ4n) is 3.14. The van der Waals surface area contributed by atoms with Crippen LogP contribution in [0.5, 0.6) is 5.75 Å². The van der Waals surface area contributed by atoms with Crippen molar-refractivity contribution >= 4 is 14.0 Å². The molecule has 0 spiro atoms. The van der Waals surface area contributed by atoms with Crippen LogP contribution in [0.4, 0.5) is 4.39 Å². The lowest BCUT2D eigenvalue weighted by Gasteiger charge is -2.15. The molecule has 178 valence electrons.